The molecule has 0 aliphatic carbocycles. The molecule has 6 heteroatoms. The molecule has 26 heavy (non-hydrogen) atoms. The molecule has 2 rings (SSSR count). The lowest BCUT2D eigenvalue weighted by Crippen LogP contribution is -2.33. The van der Waals surface area contributed by atoms with E-state index in [0.29, 0.717) is 31.0 Å². The minimum absolute atomic E-state index is 0.320. The summed E-state index contributed by atoms with van der Waals surface area (Å²) in [5.74, 6) is 0. The normalized spacial score (nSPS) is 11.9. The molecule has 5 nitrogen and oxygen atoms in total. The molecular formula is C20H28N2O3S. The quantitative estimate of drug-likeness (QED) is 0.661. The molecule has 2 aromatic rings. The van der Waals surface area contributed by atoms with E-state index in [1.165, 1.54) is 0 Å². The van der Waals surface area contributed by atoms with Crippen LogP contribution in [0.2, 0.25) is 0 Å². The number of benzene rings is 1. The fraction of sp³-hybridized carbons (Fsp3) is 0.450. The van der Waals surface area contributed by atoms with Crippen LogP contribution in [0.1, 0.15) is 34.2 Å². The minimum atomic E-state index is -3.63. The molecule has 1 heterocycles. The Hall–Kier alpha value is -1.76. The van der Waals surface area contributed by atoms with Crippen LogP contribution >= 0.6 is 0 Å². The van der Waals surface area contributed by atoms with Crippen LogP contribution in [0, 0.1) is 27.7 Å². The lowest BCUT2D eigenvalue weighted by molar-refractivity contribution is 0.186. The van der Waals surface area contributed by atoms with Gasteiger partial charge in [0.1, 0.15) is 0 Å². The fourth-order valence-corrected chi connectivity index (χ4v) is 5.10. The van der Waals surface area contributed by atoms with Crippen molar-refractivity contribution in [3.8, 4) is 0 Å². The van der Waals surface area contributed by atoms with Crippen LogP contribution in [0.25, 0.3) is 0 Å². The molecule has 0 unspecified atom stereocenters. The van der Waals surface area contributed by atoms with Crippen LogP contribution < -0.4 is 0 Å². The van der Waals surface area contributed by atoms with Gasteiger partial charge in [-0.15, -0.1) is 0 Å². The molecule has 0 amide bonds. The smallest absolute Gasteiger partial charge is 0.243 e. The number of sulfonamides is 1. The van der Waals surface area contributed by atoms with Crippen LogP contribution in [-0.2, 0) is 21.3 Å². The van der Waals surface area contributed by atoms with Crippen molar-refractivity contribution < 1.29 is 13.2 Å². The Morgan fingerprint density at radius 3 is 2.15 bits per heavy atom. The number of methoxy groups -OCH3 is 1. The van der Waals surface area contributed by atoms with E-state index in [2.05, 4.69) is 4.98 Å². The van der Waals surface area contributed by atoms with Crippen molar-refractivity contribution in [1.29, 1.82) is 0 Å². The number of rotatable bonds is 8. The van der Waals surface area contributed by atoms with Gasteiger partial charge in [-0.3, -0.25) is 4.98 Å². The summed E-state index contributed by atoms with van der Waals surface area (Å²) in [6.07, 6.45) is 4.01. The zero-order valence-electron chi connectivity index (χ0n) is 16.2. The maximum Gasteiger partial charge on any atom is 0.243 e. The van der Waals surface area contributed by atoms with Gasteiger partial charge >= 0.3 is 0 Å². The van der Waals surface area contributed by atoms with Gasteiger partial charge in [-0.25, -0.2) is 8.42 Å². The third kappa shape index (κ3) is 4.50. The highest BCUT2D eigenvalue weighted by atomic mass is 32.2. The second-order valence-corrected chi connectivity index (χ2v) is 8.50. The van der Waals surface area contributed by atoms with Crippen molar-refractivity contribution in [2.24, 2.45) is 0 Å². The molecule has 1 aromatic heterocycles. The highest BCUT2D eigenvalue weighted by Gasteiger charge is 2.29. The number of hydrogen-bond donors (Lipinski definition) is 0. The van der Waals surface area contributed by atoms with E-state index in [1.807, 2.05) is 45.9 Å². The molecule has 0 fully saturated rings. The molecule has 1 aromatic carbocycles. The van der Waals surface area contributed by atoms with Gasteiger partial charge in [-0.1, -0.05) is 6.07 Å². The summed E-state index contributed by atoms with van der Waals surface area (Å²) in [5, 5.41) is 0. The molecule has 0 atom stereocenters. The van der Waals surface area contributed by atoms with E-state index in [-0.39, 0.29) is 0 Å². The summed E-state index contributed by atoms with van der Waals surface area (Å²) in [7, 11) is -2.00. The third-order valence-corrected chi connectivity index (χ3v) is 6.88. The maximum absolute atomic E-state index is 13.5. The Bertz CT molecular complexity index is 823. The predicted octanol–water partition coefficient (Wildman–Crippen LogP) is 3.54. The van der Waals surface area contributed by atoms with Crippen LogP contribution in [0.3, 0.4) is 0 Å². The van der Waals surface area contributed by atoms with E-state index in [4.69, 9.17) is 4.74 Å². The average molecular weight is 377 g/mol. The topological polar surface area (TPSA) is 59.5 Å². The molecule has 0 aliphatic rings. The summed E-state index contributed by atoms with van der Waals surface area (Å²) in [4.78, 5) is 4.44. The van der Waals surface area contributed by atoms with Crippen molar-refractivity contribution in [1.82, 2.24) is 9.29 Å². The zero-order valence-corrected chi connectivity index (χ0v) is 17.1. The van der Waals surface area contributed by atoms with Crippen LogP contribution in [0.4, 0.5) is 0 Å². The molecule has 0 saturated carbocycles. The van der Waals surface area contributed by atoms with Crippen LogP contribution in [0.15, 0.2) is 35.5 Å². The second-order valence-electron chi connectivity index (χ2n) is 6.63. The van der Waals surface area contributed by atoms with Gasteiger partial charge < -0.3 is 4.74 Å². The van der Waals surface area contributed by atoms with Crippen molar-refractivity contribution >= 4 is 10.0 Å². The van der Waals surface area contributed by atoms with Crippen molar-refractivity contribution in [3.63, 3.8) is 0 Å². The highest BCUT2D eigenvalue weighted by molar-refractivity contribution is 7.89. The van der Waals surface area contributed by atoms with Crippen LogP contribution in [0.5, 0.6) is 0 Å². The largest absolute Gasteiger partial charge is 0.385 e. The fourth-order valence-electron chi connectivity index (χ4n) is 3.06. The molecule has 142 valence electrons. The Balaban J connectivity index is 2.48. The van der Waals surface area contributed by atoms with Crippen molar-refractivity contribution in [3.05, 3.63) is 58.4 Å². The molecule has 0 radical (unpaired) electrons. The van der Waals surface area contributed by atoms with E-state index in [9.17, 15) is 8.42 Å². The van der Waals surface area contributed by atoms with Gasteiger partial charge in [0.2, 0.25) is 10.0 Å². The number of nitrogens with zero attached hydrogens (tertiary/aromatic N) is 2. The molecule has 0 bridgehead atoms. The Kier molecular flexibility index (Phi) is 6.92. The summed E-state index contributed by atoms with van der Waals surface area (Å²) in [5.41, 5.74) is 4.54. The lowest BCUT2D eigenvalue weighted by atomic mass is 10.0. The monoisotopic (exact) mass is 376 g/mol. The standard InChI is InChI=1S/C20H28N2O3S/c1-15-13-16(2)18(4)20(17(15)3)26(23,24)22(11-6-12-25-5)14-19-7-9-21-10-8-19/h7-10,13H,6,11-12,14H2,1-5H3. The number of aryl methyl sites for hydroxylation is 2. The Labute approximate surface area is 157 Å². The van der Waals surface area contributed by atoms with Crippen molar-refractivity contribution in [2.45, 2.75) is 45.6 Å². The highest BCUT2D eigenvalue weighted by Crippen LogP contribution is 2.29. The van der Waals surface area contributed by atoms with Gasteiger partial charge in [-0.05, 0) is 74.1 Å². The second kappa shape index (κ2) is 8.75. The summed E-state index contributed by atoms with van der Waals surface area (Å²) >= 11 is 0. The van der Waals surface area contributed by atoms with Gasteiger partial charge in [-0.2, -0.15) is 4.31 Å². The first-order valence-corrected chi connectivity index (χ1v) is 10.2. The summed E-state index contributed by atoms with van der Waals surface area (Å²) in [6, 6.07) is 5.74. The van der Waals surface area contributed by atoms with E-state index >= 15 is 0 Å². The number of ether oxygens (including phenoxy) is 1. The zero-order chi connectivity index (χ0) is 19.3. The van der Waals surface area contributed by atoms with E-state index in [0.717, 1.165) is 27.8 Å². The maximum atomic E-state index is 13.5. The Morgan fingerprint density at radius 1 is 1.04 bits per heavy atom. The lowest BCUT2D eigenvalue weighted by Gasteiger charge is -2.25. The third-order valence-electron chi connectivity index (χ3n) is 4.76. The molecule has 0 aliphatic heterocycles. The SMILES string of the molecule is COCCCN(Cc1ccncc1)S(=O)(=O)c1c(C)c(C)cc(C)c1C. The molecule has 0 saturated heterocycles. The van der Waals surface area contributed by atoms with E-state index < -0.39 is 10.0 Å². The van der Waals surface area contributed by atoms with Crippen LogP contribution in [-0.4, -0.2) is 38.0 Å². The van der Waals surface area contributed by atoms with Gasteiger partial charge in [0.25, 0.3) is 0 Å². The van der Waals surface area contributed by atoms with Gasteiger partial charge in [0.05, 0.1) is 4.90 Å². The van der Waals surface area contributed by atoms with Gasteiger partial charge in [0, 0.05) is 39.2 Å². The first kappa shape index (κ1) is 20.6. The molecule has 0 N–H and O–H groups in total. The predicted molar refractivity (Wildman–Crippen MR) is 104 cm³/mol. The first-order valence-electron chi connectivity index (χ1n) is 8.74. The number of hydrogen-bond acceptors (Lipinski definition) is 4. The molecular weight excluding hydrogens is 348 g/mol. The molecule has 0 spiro atoms. The van der Waals surface area contributed by atoms with Crippen molar-refractivity contribution in [2.75, 3.05) is 20.3 Å². The Morgan fingerprint density at radius 2 is 1.62 bits per heavy atom. The average Bonchev–Trinajstić information content (AvgIpc) is 2.60. The van der Waals surface area contributed by atoms with E-state index in [1.54, 1.807) is 23.8 Å². The summed E-state index contributed by atoms with van der Waals surface area (Å²) in [6.45, 7) is 8.93. The number of aromatic nitrogens is 1. The first-order chi connectivity index (χ1) is 12.3. The van der Waals surface area contributed by atoms with Gasteiger partial charge in [0.15, 0.2) is 0 Å². The number of pyridine rings is 1. The minimum Gasteiger partial charge on any atom is -0.385 e. The summed E-state index contributed by atoms with van der Waals surface area (Å²) < 4.78 is 33.8.